The van der Waals surface area contributed by atoms with Crippen LogP contribution in [0.25, 0.3) is 0 Å². The van der Waals surface area contributed by atoms with Crippen molar-refractivity contribution in [2.45, 2.75) is 92.8 Å². The molecule has 0 amide bonds. The first-order valence-corrected chi connectivity index (χ1v) is 10.8. The van der Waals surface area contributed by atoms with E-state index in [1.54, 1.807) is 0 Å². The first-order valence-electron chi connectivity index (χ1n) is 10.8. The maximum Gasteiger partial charge on any atom is 0.273 e. The van der Waals surface area contributed by atoms with Crippen LogP contribution in [0, 0.1) is 0 Å². The van der Waals surface area contributed by atoms with Gasteiger partial charge in [0.25, 0.3) is 13.0 Å². The number of allylic oxidation sites excluding steroid dienone is 4. The summed E-state index contributed by atoms with van der Waals surface area (Å²) >= 11 is 0. The zero-order valence-electron chi connectivity index (χ0n) is 19.1. The fourth-order valence-corrected chi connectivity index (χ4v) is 2.35. The van der Waals surface area contributed by atoms with Crippen LogP contribution < -0.4 is 0 Å². The molecule has 0 fully saturated rings. The standard InChI is InChI=1S/C22H42O7/c1-7-13-15-17-19(28-21(23-9-3)24-10-4)27-20(18-16-14-8-2)29-22(25-11-5)26-12-6/h7-8,13-14,19-22H,9-12,15-18H2,1-6H3/b13-7-,14-8-. The second-order valence-electron chi connectivity index (χ2n) is 5.96. The Kier molecular flexibility index (Phi) is 19.9. The largest absolute Gasteiger partial charge is 0.330 e. The van der Waals surface area contributed by atoms with Gasteiger partial charge in [0.1, 0.15) is 0 Å². The maximum atomic E-state index is 6.16. The highest BCUT2D eigenvalue weighted by atomic mass is 16.9. The van der Waals surface area contributed by atoms with E-state index in [0.29, 0.717) is 39.3 Å². The van der Waals surface area contributed by atoms with Crippen LogP contribution in [0.4, 0.5) is 0 Å². The third-order valence-corrected chi connectivity index (χ3v) is 3.65. The lowest BCUT2D eigenvalue weighted by atomic mass is 10.2. The summed E-state index contributed by atoms with van der Waals surface area (Å²) in [4.78, 5) is 0. The van der Waals surface area contributed by atoms with Crippen molar-refractivity contribution < 1.29 is 33.2 Å². The van der Waals surface area contributed by atoms with Gasteiger partial charge in [-0.2, -0.15) is 0 Å². The molecule has 0 aliphatic rings. The molecule has 0 saturated heterocycles. The molecule has 0 aromatic rings. The van der Waals surface area contributed by atoms with Crippen molar-refractivity contribution in [1.29, 1.82) is 0 Å². The lowest BCUT2D eigenvalue weighted by molar-refractivity contribution is -0.390. The van der Waals surface area contributed by atoms with Gasteiger partial charge in [-0.1, -0.05) is 24.3 Å². The molecule has 0 bridgehead atoms. The Labute approximate surface area is 177 Å². The molecule has 2 unspecified atom stereocenters. The predicted molar refractivity (Wildman–Crippen MR) is 113 cm³/mol. The molecule has 7 heteroatoms. The Bertz CT molecular complexity index is 353. The van der Waals surface area contributed by atoms with Gasteiger partial charge in [0.2, 0.25) is 0 Å². The number of rotatable bonds is 20. The summed E-state index contributed by atoms with van der Waals surface area (Å²) in [6.07, 6.45) is 9.88. The molecule has 2 atom stereocenters. The van der Waals surface area contributed by atoms with E-state index >= 15 is 0 Å². The molecule has 172 valence electrons. The van der Waals surface area contributed by atoms with Crippen LogP contribution in [0.3, 0.4) is 0 Å². The summed E-state index contributed by atoms with van der Waals surface area (Å²) in [7, 11) is 0. The van der Waals surface area contributed by atoms with Gasteiger partial charge in [0.15, 0.2) is 12.6 Å². The molecule has 0 saturated carbocycles. The zero-order valence-corrected chi connectivity index (χ0v) is 19.1. The summed E-state index contributed by atoms with van der Waals surface area (Å²) in [5, 5.41) is 0. The molecule has 0 aromatic heterocycles. The third-order valence-electron chi connectivity index (χ3n) is 3.65. The topological polar surface area (TPSA) is 64.6 Å². The Balaban J connectivity index is 5.16. The first kappa shape index (κ1) is 28.2. The van der Waals surface area contributed by atoms with Crippen molar-refractivity contribution in [2.24, 2.45) is 0 Å². The molecule has 0 rings (SSSR count). The van der Waals surface area contributed by atoms with Crippen LogP contribution in [0.2, 0.25) is 0 Å². The number of ether oxygens (including phenoxy) is 7. The zero-order chi connectivity index (χ0) is 21.7. The van der Waals surface area contributed by atoms with Gasteiger partial charge in [-0.25, -0.2) is 0 Å². The van der Waals surface area contributed by atoms with Crippen molar-refractivity contribution in [3.05, 3.63) is 24.3 Å². The Morgan fingerprint density at radius 3 is 1.17 bits per heavy atom. The van der Waals surface area contributed by atoms with Crippen LogP contribution in [-0.4, -0.2) is 52.0 Å². The van der Waals surface area contributed by atoms with Crippen molar-refractivity contribution in [3.8, 4) is 0 Å². The number of hydrogen-bond acceptors (Lipinski definition) is 7. The van der Waals surface area contributed by atoms with Gasteiger partial charge in [0, 0.05) is 39.3 Å². The molecular formula is C22H42O7. The number of hydrogen-bond donors (Lipinski definition) is 0. The molecule has 0 aromatic carbocycles. The van der Waals surface area contributed by atoms with Crippen molar-refractivity contribution in [1.82, 2.24) is 0 Å². The predicted octanol–water partition coefficient (Wildman–Crippen LogP) is 5.11. The van der Waals surface area contributed by atoms with E-state index in [-0.39, 0.29) is 0 Å². The quantitative estimate of drug-likeness (QED) is 0.201. The van der Waals surface area contributed by atoms with Crippen LogP contribution in [0.5, 0.6) is 0 Å². The molecule has 7 nitrogen and oxygen atoms in total. The highest BCUT2D eigenvalue weighted by Crippen LogP contribution is 2.18. The molecule has 0 aliphatic heterocycles. The van der Waals surface area contributed by atoms with Crippen LogP contribution >= 0.6 is 0 Å². The molecule has 0 radical (unpaired) electrons. The average molecular weight is 419 g/mol. The smallest absolute Gasteiger partial charge is 0.273 e. The molecule has 29 heavy (non-hydrogen) atoms. The summed E-state index contributed by atoms with van der Waals surface area (Å²) in [6, 6.07) is 0. The van der Waals surface area contributed by atoms with Gasteiger partial charge in [-0.3, -0.25) is 0 Å². The van der Waals surface area contributed by atoms with E-state index in [4.69, 9.17) is 33.2 Å². The van der Waals surface area contributed by atoms with E-state index < -0.39 is 25.5 Å². The Morgan fingerprint density at radius 2 is 0.897 bits per heavy atom. The average Bonchev–Trinajstić information content (AvgIpc) is 2.69. The van der Waals surface area contributed by atoms with Crippen molar-refractivity contribution >= 4 is 0 Å². The molecule has 0 N–H and O–H groups in total. The Hall–Kier alpha value is -0.800. The fourth-order valence-electron chi connectivity index (χ4n) is 2.35. The van der Waals surface area contributed by atoms with Gasteiger partial charge in [-0.15, -0.1) is 0 Å². The van der Waals surface area contributed by atoms with Crippen LogP contribution in [0.15, 0.2) is 24.3 Å². The molecule has 0 spiro atoms. The maximum absolute atomic E-state index is 6.16. The first-order chi connectivity index (χ1) is 14.1. The SMILES string of the molecule is C/C=C\CCC(OC(CC/C=C\C)OC(OCC)OCC)OC(OCC)OCC. The van der Waals surface area contributed by atoms with Gasteiger partial charge in [0.05, 0.1) is 0 Å². The highest BCUT2D eigenvalue weighted by molar-refractivity contribution is 4.78. The second-order valence-corrected chi connectivity index (χ2v) is 5.96. The third kappa shape index (κ3) is 15.7. The fraction of sp³-hybridized carbons (Fsp3) is 0.818. The lowest BCUT2D eigenvalue weighted by Gasteiger charge is -2.29. The van der Waals surface area contributed by atoms with E-state index in [1.807, 2.05) is 53.7 Å². The van der Waals surface area contributed by atoms with E-state index in [0.717, 1.165) is 12.8 Å². The summed E-state index contributed by atoms with van der Waals surface area (Å²) < 4.78 is 40.1. The van der Waals surface area contributed by atoms with Crippen molar-refractivity contribution in [2.75, 3.05) is 26.4 Å². The minimum Gasteiger partial charge on any atom is -0.330 e. The molecule has 0 aliphatic carbocycles. The highest BCUT2D eigenvalue weighted by Gasteiger charge is 2.24. The van der Waals surface area contributed by atoms with E-state index in [2.05, 4.69) is 12.2 Å². The van der Waals surface area contributed by atoms with E-state index in [9.17, 15) is 0 Å². The van der Waals surface area contributed by atoms with Crippen molar-refractivity contribution in [3.63, 3.8) is 0 Å². The van der Waals surface area contributed by atoms with Gasteiger partial charge >= 0.3 is 0 Å². The summed E-state index contributed by atoms with van der Waals surface area (Å²) in [5.41, 5.74) is 0. The summed E-state index contributed by atoms with van der Waals surface area (Å²) in [6.45, 7) is 11.9. The van der Waals surface area contributed by atoms with E-state index in [1.165, 1.54) is 0 Å². The van der Waals surface area contributed by atoms with Gasteiger partial charge < -0.3 is 33.2 Å². The summed E-state index contributed by atoms with van der Waals surface area (Å²) in [5.74, 6) is 0. The molecule has 0 heterocycles. The lowest BCUT2D eigenvalue weighted by Crippen LogP contribution is -2.36. The Morgan fingerprint density at radius 1 is 0.552 bits per heavy atom. The normalized spacial score (nSPS) is 14.6. The monoisotopic (exact) mass is 418 g/mol. The minimum absolute atomic E-state index is 0.476. The molecular weight excluding hydrogens is 376 g/mol. The van der Waals surface area contributed by atoms with Crippen LogP contribution in [-0.2, 0) is 33.2 Å². The van der Waals surface area contributed by atoms with Crippen LogP contribution in [0.1, 0.15) is 67.2 Å². The second kappa shape index (κ2) is 20.5. The minimum atomic E-state index is -0.786. The van der Waals surface area contributed by atoms with Gasteiger partial charge in [-0.05, 0) is 54.4 Å².